The van der Waals surface area contributed by atoms with Gasteiger partial charge in [0.25, 0.3) is 16.0 Å². The summed E-state index contributed by atoms with van der Waals surface area (Å²) < 4.78 is 29.1. The Bertz CT molecular complexity index is 723. The van der Waals surface area contributed by atoms with Crippen molar-refractivity contribution in [2.75, 3.05) is 11.8 Å². The van der Waals surface area contributed by atoms with E-state index in [0.717, 1.165) is 18.5 Å². The summed E-state index contributed by atoms with van der Waals surface area (Å²) in [5.41, 5.74) is 0.951. The van der Waals surface area contributed by atoms with Crippen molar-refractivity contribution < 1.29 is 8.42 Å². The normalized spacial score (nSPS) is 15.1. The second-order valence-corrected chi connectivity index (χ2v) is 6.59. The number of sulfonamides is 1. The highest BCUT2D eigenvalue weighted by Crippen LogP contribution is 2.37. The zero-order valence-corrected chi connectivity index (χ0v) is 12.3. The van der Waals surface area contributed by atoms with E-state index in [2.05, 4.69) is 25.2 Å². The molecule has 1 aliphatic carbocycles. The molecule has 0 spiro atoms. The molecule has 9 heteroatoms. The van der Waals surface area contributed by atoms with Crippen LogP contribution in [0, 0.1) is 0 Å². The summed E-state index contributed by atoms with van der Waals surface area (Å²) >= 11 is 0. The molecule has 0 unspecified atom stereocenters. The van der Waals surface area contributed by atoms with Crippen molar-refractivity contribution in [3.05, 3.63) is 30.4 Å². The Balaban J connectivity index is 1.90. The topological polar surface area (TPSA) is 102 Å². The van der Waals surface area contributed by atoms with Gasteiger partial charge in [0.15, 0.2) is 0 Å². The molecule has 8 nitrogen and oxygen atoms in total. The number of hydrogen-bond acceptors (Lipinski definition) is 6. The third kappa shape index (κ3) is 3.03. The van der Waals surface area contributed by atoms with Crippen LogP contribution in [0.5, 0.6) is 0 Å². The van der Waals surface area contributed by atoms with Gasteiger partial charge in [0.2, 0.25) is 0 Å². The molecule has 21 heavy (non-hydrogen) atoms. The first-order chi connectivity index (χ1) is 10.1. The van der Waals surface area contributed by atoms with Crippen LogP contribution in [-0.2, 0) is 16.6 Å². The van der Waals surface area contributed by atoms with Gasteiger partial charge in [0, 0.05) is 24.5 Å². The van der Waals surface area contributed by atoms with E-state index in [1.807, 2.05) is 11.6 Å². The summed E-state index contributed by atoms with van der Waals surface area (Å²) in [6.07, 6.45) is 6.61. The van der Waals surface area contributed by atoms with Crippen molar-refractivity contribution in [3.8, 4) is 0 Å². The highest BCUT2D eigenvalue weighted by molar-refractivity contribution is 7.92. The Morgan fingerprint density at radius 3 is 2.81 bits per heavy atom. The lowest BCUT2D eigenvalue weighted by atomic mass is 10.4. The molecular weight excluding hydrogens is 292 g/mol. The van der Waals surface area contributed by atoms with E-state index in [0.29, 0.717) is 12.6 Å². The van der Waals surface area contributed by atoms with Gasteiger partial charge in [-0.1, -0.05) is 0 Å². The van der Waals surface area contributed by atoms with Crippen molar-refractivity contribution in [2.45, 2.75) is 30.3 Å². The van der Waals surface area contributed by atoms with Crippen molar-refractivity contribution in [1.82, 2.24) is 25.1 Å². The maximum atomic E-state index is 12.4. The minimum absolute atomic E-state index is 0.0353. The smallest absolute Gasteiger partial charge is 0.265 e. The van der Waals surface area contributed by atoms with Crippen molar-refractivity contribution in [1.29, 1.82) is 0 Å². The van der Waals surface area contributed by atoms with E-state index in [4.69, 9.17) is 0 Å². The van der Waals surface area contributed by atoms with Gasteiger partial charge in [-0.25, -0.2) is 18.1 Å². The van der Waals surface area contributed by atoms with Gasteiger partial charge in [0.05, 0.1) is 12.4 Å². The first-order valence-corrected chi connectivity index (χ1v) is 8.10. The van der Waals surface area contributed by atoms with Crippen LogP contribution in [0.15, 0.2) is 29.6 Å². The molecule has 0 bridgehead atoms. The van der Waals surface area contributed by atoms with E-state index < -0.39 is 10.0 Å². The van der Waals surface area contributed by atoms with Gasteiger partial charge in [0.1, 0.15) is 4.90 Å². The molecule has 0 amide bonds. The van der Waals surface area contributed by atoms with Gasteiger partial charge in [-0.05, 0) is 26.0 Å². The van der Waals surface area contributed by atoms with Crippen LogP contribution in [0.25, 0.3) is 0 Å². The summed E-state index contributed by atoms with van der Waals surface area (Å²) in [5.74, 6) is -0.0353. The number of hydrogen-bond donors (Lipinski definition) is 2. The lowest BCUT2D eigenvalue weighted by Gasteiger charge is -2.05. The zero-order valence-electron chi connectivity index (χ0n) is 11.5. The summed E-state index contributed by atoms with van der Waals surface area (Å²) in [6, 6.07) is 2.08. The van der Waals surface area contributed by atoms with Crippen LogP contribution in [0.4, 0.5) is 5.95 Å². The summed E-state index contributed by atoms with van der Waals surface area (Å²) in [6.45, 7) is 0.620. The maximum absolute atomic E-state index is 12.4. The van der Waals surface area contributed by atoms with Crippen molar-refractivity contribution >= 4 is 16.0 Å². The van der Waals surface area contributed by atoms with Crippen LogP contribution in [0.1, 0.15) is 24.6 Å². The first kappa shape index (κ1) is 14.0. The van der Waals surface area contributed by atoms with E-state index in [1.165, 1.54) is 12.4 Å². The molecule has 0 saturated heterocycles. The average molecular weight is 308 g/mol. The molecule has 0 atom stereocenters. The van der Waals surface area contributed by atoms with Gasteiger partial charge < -0.3 is 9.88 Å². The second-order valence-electron chi connectivity index (χ2n) is 4.91. The van der Waals surface area contributed by atoms with E-state index in [-0.39, 0.29) is 10.8 Å². The quantitative estimate of drug-likeness (QED) is 0.807. The van der Waals surface area contributed by atoms with E-state index in [1.54, 1.807) is 12.3 Å². The Morgan fingerprint density at radius 2 is 2.19 bits per heavy atom. The number of anilines is 1. The van der Waals surface area contributed by atoms with Crippen LogP contribution < -0.4 is 10.0 Å². The Kier molecular flexibility index (Phi) is 3.60. The predicted octanol–water partition coefficient (Wildman–Crippen LogP) is 0.528. The largest absolute Gasteiger partial charge is 0.346 e. The van der Waals surface area contributed by atoms with Gasteiger partial charge >= 0.3 is 0 Å². The second kappa shape index (κ2) is 5.41. The van der Waals surface area contributed by atoms with Crippen molar-refractivity contribution in [2.24, 2.45) is 0 Å². The highest BCUT2D eigenvalue weighted by atomic mass is 32.2. The molecule has 2 aromatic heterocycles. The number of nitrogens with zero attached hydrogens (tertiary/aromatic N) is 4. The molecule has 2 heterocycles. The maximum Gasteiger partial charge on any atom is 0.265 e. The summed E-state index contributed by atoms with van der Waals surface area (Å²) in [5, 5.41) is 10.3. The summed E-state index contributed by atoms with van der Waals surface area (Å²) in [7, 11) is -1.87. The number of aromatic nitrogens is 4. The lowest BCUT2D eigenvalue weighted by Crippen LogP contribution is -2.14. The van der Waals surface area contributed by atoms with Gasteiger partial charge in [-0.2, -0.15) is 5.10 Å². The average Bonchev–Trinajstić information content (AvgIpc) is 3.21. The number of nitrogens with one attached hydrogen (secondary N) is 2. The number of rotatable bonds is 6. The Hall–Kier alpha value is -2.00. The molecule has 1 fully saturated rings. The highest BCUT2D eigenvalue weighted by Gasteiger charge is 2.28. The van der Waals surface area contributed by atoms with E-state index in [9.17, 15) is 8.42 Å². The zero-order chi connectivity index (χ0) is 14.9. The van der Waals surface area contributed by atoms with Crippen molar-refractivity contribution in [3.63, 3.8) is 0 Å². The Morgan fingerprint density at radius 1 is 1.38 bits per heavy atom. The molecule has 2 N–H and O–H groups in total. The fourth-order valence-corrected chi connectivity index (χ4v) is 3.13. The third-order valence-corrected chi connectivity index (χ3v) is 4.52. The van der Waals surface area contributed by atoms with Gasteiger partial charge in [-0.3, -0.25) is 0 Å². The minimum Gasteiger partial charge on any atom is -0.346 e. The van der Waals surface area contributed by atoms with Crippen LogP contribution in [0.3, 0.4) is 0 Å². The Labute approximate surface area is 122 Å². The molecule has 1 saturated carbocycles. The summed E-state index contributed by atoms with van der Waals surface area (Å²) in [4.78, 5) is 4.03. The molecule has 1 aliphatic rings. The van der Waals surface area contributed by atoms with Crippen LogP contribution in [0.2, 0.25) is 0 Å². The van der Waals surface area contributed by atoms with Crippen LogP contribution in [-0.4, -0.2) is 35.2 Å². The van der Waals surface area contributed by atoms with Gasteiger partial charge in [-0.15, -0.1) is 5.10 Å². The molecular formula is C12H16N6O2S. The van der Waals surface area contributed by atoms with E-state index >= 15 is 0 Å². The first-order valence-electron chi connectivity index (χ1n) is 6.62. The molecule has 2 aromatic rings. The molecule has 3 rings (SSSR count). The fraction of sp³-hybridized carbons (Fsp3) is 0.417. The minimum atomic E-state index is -3.70. The SMILES string of the molecule is CNCc1cc(S(=O)(=O)Nc2nccnn2)cn1C1CC1. The lowest BCUT2D eigenvalue weighted by molar-refractivity contribution is 0.600. The molecule has 0 aromatic carbocycles. The standard InChI is InChI=1S/C12H16N6O2S/c1-13-7-10-6-11(8-18(10)9-2-3-9)21(19,20)17-12-14-4-5-15-16-12/h4-6,8-9,13H,2-3,7H2,1H3,(H,14,16,17). The molecule has 0 aliphatic heterocycles. The fourth-order valence-electron chi connectivity index (χ4n) is 2.13. The molecule has 112 valence electrons. The predicted molar refractivity (Wildman–Crippen MR) is 76.1 cm³/mol. The third-order valence-electron chi connectivity index (χ3n) is 3.22. The molecule has 0 radical (unpaired) electrons. The van der Waals surface area contributed by atoms with Crippen LogP contribution >= 0.6 is 0 Å². The monoisotopic (exact) mass is 308 g/mol.